The van der Waals surface area contributed by atoms with Crippen LogP contribution in [0.15, 0.2) is 71.4 Å². The van der Waals surface area contributed by atoms with Gasteiger partial charge >= 0.3 is 5.97 Å². The predicted octanol–water partition coefficient (Wildman–Crippen LogP) is 6.06. The van der Waals surface area contributed by atoms with Gasteiger partial charge in [-0.1, -0.05) is 41.4 Å². The number of ether oxygens (including phenoxy) is 3. The lowest BCUT2D eigenvalue weighted by atomic mass is 10.1. The van der Waals surface area contributed by atoms with Gasteiger partial charge in [0.2, 0.25) is 5.90 Å². The monoisotopic (exact) mass is 471 g/mol. The van der Waals surface area contributed by atoms with Gasteiger partial charge in [-0.05, 0) is 59.7 Å². The smallest absolute Gasteiger partial charge is 0.363 e. The van der Waals surface area contributed by atoms with Crippen LogP contribution in [0.25, 0.3) is 6.08 Å². The number of halogens is 3. The third kappa shape index (κ3) is 4.93. The summed E-state index contributed by atoms with van der Waals surface area (Å²) in [5.41, 5.74) is 1.92. The number of aliphatic imine (C=N–C) groups is 1. The average Bonchev–Trinajstić information content (AvgIpc) is 3.12. The summed E-state index contributed by atoms with van der Waals surface area (Å²) in [4.78, 5) is 16.5. The van der Waals surface area contributed by atoms with Crippen molar-refractivity contribution in [2.45, 2.75) is 6.61 Å². The molecule has 3 aromatic carbocycles. The van der Waals surface area contributed by atoms with Gasteiger partial charge in [-0.15, -0.1) is 0 Å². The van der Waals surface area contributed by atoms with Crippen molar-refractivity contribution in [3.8, 4) is 11.5 Å². The molecule has 0 saturated heterocycles. The molecule has 0 atom stereocenters. The molecule has 5 nitrogen and oxygen atoms in total. The second-order valence-corrected chi connectivity index (χ2v) is 7.63. The SMILES string of the molecule is COc1cc(/C=C2\N=C(c3ccc(Cl)cc3Cl)OC2=O)ccc1OCc1cccc(F)c1. The van der Waals surface area contributed by atoms with Crippen molar-refractivity contribution < 1.29 is 23.4 Å². The zero-order chi connectivity index (χ0) is 22.7. The van der Waals surface area contributed by atoms with E-state index in [0.29, 0.717) is 38.2 Å². The number of cyclic esters (lactones) is 1. The third-order valence-corrected chi connectivity index (χ3v) is 5.10. The van der Waals surface area contributed by atoms with Gasteiger partial charge in [-0.25, -0.2) is 14.2 Å². The Labute approximate surface area is 193 Å². The van der Waals surface area contributed by atoms with Gasteiger partial charge in [0, 0.05) is 5.02 Å². The van der Waals surface area contributed by atoms with E-state index in [0.717, 1.165) is 0 Å². The molecule has 1 aliphatic heterocycles. The van der Waals surface area contributed by atoms with Crippen molar-refractivity contribution >= 4 is 41.1 Å². The molecule has 0 fully saturated rings. The Morgan fingerprint density at radius 1 is 1.06 bits per heavy atom. The molecule has 4 rings (SSSR count). The molecule has 32 heavy (non-hydrogen) atoms. The molecule has 0 amide bonds. The van der Waals surface area contributed by atoms with Gasteiger partial charge < -0.3 is 14.2 Å². The van der Waals surface area contributed by atoms with Crippen molar-refractivity contribution in [2.24, 2.45) is 4.99 Å². The van der Waals surface area contributed by atoms with Crippen LogP contribution in [0.3, 0.4) is 0 Å². The van der Waals surface area contributed by atoms with E-state index in [4.69, 9.17) is 37.4 Å². The van der Waals surface area contributed by atoms with Gasteiger partial charge in [-0.2, -0.15) is 0 Å². The van der Waals surface area contributed by atoms with Crippen molar-refractivity contribution in [2.75, 3.05) is 7.11 Å². The lowest BCUT2D eigenvalue weighted by Gasteiger charge is -2.11. The highest BCUT2D eigenvalue weighted by atomic mass is 35.5. The van der Waals surface area contributed by atoms with E-state index in [-0.39, 0.29) is 24.0 Å². The Kier molecular flexibility index (Phi) is 6.44. The summed E-state index contributed by atoms with van der Waals surface area (Å²) >= 11 is 12.1. The van der Waals surface area contributed by atoms with Crippen LogP contribution in [-0.4, -0.2) is 19.0 Å². The number of nitrogens with zero attached hydrogens (tertiary/aromatic N) is 1. The number of esters is 1. The number of methoxy groups -OCH3 is 1. The Balaban J connectivity index is 1.55. The van der Waals surface area contributed by atoms with E-state index in [9.17, 15) is 9.18 Å². The van der Waals surface area contributed by atoms with Crippen LogP contribution in [0.2, 0.25) is 10.0 Å². The normalized spacial score (nSPS) is 14.3. The fraction of sp³-hybridized carbons (Fsp3) is 0.0833. The van der Waals surface area contributed by atoms with Gasteiger partial charge in [0.25, 0.3) is 0 Å². The molecule has 1 heterocycles. The first-order chi connectivity index (χ1) is 15.4. The fourth-order valence-electron chi connectivity index (χ4n) is 3.03. The van der Waals surface area contributed by atoms with Crippen LogP contribution < -0.4 is 9.47 Å². The van der Waals surface area contributed by atoms with Crippen LogP contribution in [0.1, 0.15) is 16.7 Å². The maximum atomic E-state index is 13.3. The lowest BCUT2D eigenvalue weighted by Crippen LogP contribution is -2.05. The summed E-state index contributed by atoms with van der Waals surface area (Å²) < 4.78 is 29.8. The summed E-state index contributed by atoms with van der Waals surface area (Å²) in [7, 11) is 1.50. The standard InChI is InChI=1S/C24H16Cl2FNO4/c1-30-22-11-14(5-8-21(22)31-13-15-3-2-4-17(27)9-15)10-20-24(29)32-23(28-20)18-7-6-16(25)12-19(18)26/h2-12H,13H2,1H3/b20-10-. The number of hydrogen-bond acceptors (Lipinski definition) is 5. The van der Waals surface area contributed by atoms with Crippen LogP contribution in [-0.2, 0) is 16.1 Å². The molecule has 1 aliphatic rings. The minimum absolute atomic E-state index is 0.102. The molecule has 0 N–H and O–H groups in total. The Bertz CT molecular complexity index is 1260. The van der Waals surface area contributed by atoms with Crippen LogP contribution in [0.4, 0.5) is 4.39 Å². The van der Waals surface area contributed by atoms with Crippen molar-refractivity contribution in [1.29, 1.82) is 0 Å². The Hall–Kier alpha value is -3.35. The predicted molar refractivity (Wildman–Crippen MR) is 121 cm³/mol. The van der Waals surface area contributed by atoms with E-state index in [1.54, 1.807) is 54.6 Å². The highest BCUT2D eigenvalue weighted by Gasteiger charge is 2.25. The number of carbonyl (C=O) groups excluding carboxylic acids is 1. The van der Waals surface area contributed by atoms with Crippen molar-refractivity contribution in [3.63, 3.8) is 0 Å². The van der Waals surface area contributed by atoms with Crippen molar-refractivity contribution in [3.05, 3.63) is 98.9 Å². The van der Waals surface area contributed by atoms with Gasteiger partial charge in [-0.3, -0.25) is 0 Å². The zero-order valence-corrected chi connectivity index (χ0v) is 18.3. The van der Waals surface area contributed by atoms with Crippen LogP contribution >= 0.6 is 23.2 Å². The highest BCUT2D eigenvalue weighted by molar-refractivity contribution is 6.37. The first kappa shape index (κ1) is 21.9. The summed E-state index contributed by atoms with van der Waals surface area (Å²) in [6.07, 6.45) is 1.57. The molecule has 0 bridgehead atoms. The van der Waals surface area contributed by atoms with Crippen LogP contribution in [0.5, 0.6) is 11.5 Å². The largest absolute Gasteiger partial charge is 0.493 e. The minimum atomic E-state index is -0.601. The molecule has 0 spiro atoms. The highest BCUT2D eigenvalue weighted by Crippen LogP contribution is 2.31. The summed E-state index contributed by atoms with van der Waals surface area (Å²) in [5, 5.41) is 0.790. The molecular formula is C24H16Cl2FNO4. The number of carbonyl (C=O) groups is 1. The number of hydrogen-bond donors (Lipinski definition) is 0. The minimum Gasteiger partial charge on any atom is -0.493 e. The maximum Gasteiger partial charge on any atom is 0.363 e. The summed E-state index contributed by atoms with van der Waals surface area (Å²) in [6, 6.07) is 16.1. The molecule has 162 valence electrons. The molecule has 0 saturated carbocycles. The molecule has 8 heteroatoms. The summed E-state index contributed by atoms with van der Waals surface area (Å²) in [5.74, 6) is 0.0988. The van der Waals surface area contributed by atoms with Crippen LogP contribution in [0, 0.1) is 5.82 Å². The van der Waals surface area contributed by atoms with E-state index in [1.807, 2.05) is 0 Å². The molecule has 3 aromatic rings. The lowest BCUT2D eigenvalue weighted by molar-refractivity contribution is -0.129. The number of benzene rings is 3. The van der Waals surface area contributed by atoms with Gasteiger partial charge in [0.05, 0.1) is 17.7 Å². The molecule has 0 aliphatic carbocycles. The van der Waals surface area contributed by atoms with Gasteiger partial charge in [0.1, 0.15) is 12.4 Å². The first-order valence-corrected chi connectivity index (χ1v) is 10.2. The van der Waals surface area contributed by atoms with E-state index in [2.05, 4.69) is 4.99 Å². The van der Waals surface area contributed by atoms with Crippen molar-refractivity contribution in [1.82, 2.24) is 0 Å². The number of rotatable bonds is 6. The second-order valence-electron chi connectivity index (χ2n) is 6.79. The van der Waals surface area contributed by atoms with E-state index < -0.39 is 5.97 Å². The Morgan fingerprint density at radius 2 is 1.91 bits per heavy atom. The first-order valence-electron chi connectivity index (χ1n) is 9.46. The molecule has 0 radical (unpaired) electrons. The third-order valence-electron chi connectivity index (χ3n) is 4.56. The molecule has 0 unspecified atom stereocenters. The summed E-state index contributed by atoms with van der Waals surface area (Å²) in [6.45, 7) is 0.177. The van der Waals surface area contributed by atoms with Gasteiger partial charge in [0.15, 0.2) is 17.2 Å². The maximum absolute atomic E-state index is 13.3. The Morgan fingerprint density at radius 3 is 2.66 bits per heavy atom. The fourth-order valence-corrected chi connectivity index (χ4v) is 3.52. The molecule has 0 aromatic heterocycles. The average molecular weight is 472 g/mol. The second kappa shape index (κ2) is 9.42. The molecular weight excluding hydrogens is 456 g/mol. The quantitative estimate of drug-likeness (QED) is 0.323. The van der Waals surface area contributed by atoms with E-state index >= 15 is 0 Å². The van der Waals surface area contributed by atoms with E-state index in [1.165, 1.54) is 19.2 Å². The topological polar surface area (TPSA) is 57.1 Å². The zero-order valence-electron chi connectivity index (χ0n) is 16.8.